The van der Waals surface area contributed by atoms with Crippen LogP contribution < -0.4 is 4.74 Å². The van der Waals surface area contributed by atoms with Gasteiger partial charge in [0.05, 0.1) is 26.2 Å². The first kappa shape index (κ1) is 23.5. The van der Waals surface area contributed by atoms with Crippen molar-refractivity contribution < 1.29 is 46.3 Å². The van der Waals surface area contributed by atoms with Crippen LogP contribution >= 0.6 is 0 Å². The molecule has 149 valence electrons. The molecule has 0 saturated carbocycles. The van der Waals surface area contributed by atoms with Crippen molar-refractivity contribution in [2.75, 3.05) is 26.2 Å². The normalized spacial score (nSPS) is 16.1. The molecule has 0 amide bonds. The molecular formula is C24H33FNOY+. The average molecular weight is 459 g/mol. The number of hydrogen-bond donors (Lipinski definition) is 0. The van der Waals surface area contributed by atoms with Gasteiger partial charge in [-0.25, -0.2) is 4.39 Å². The number of unbranched alkanes of at least 4 members (excludes halogenated alkanes) is 1. The molecule has 4 heteroatoms. The van der Waals surface area contributed by atoms with E-state index in [-0.39, 0.29) is 38.5 Å². The second-order valence-electron chi connectivity index (χ2n) is 8.01. The van der Waals surface area contributed by atoms with Gasteiger partial charge >= 0.3 is 0 Å². The van der Waals surface area contributed by atoms with Crippen molar-refractivity contribution >= 4 is 0 Å². The number of rotatable bonds is 8. The maximum atomic E-state index is 13.9. The molecule has 0 bridgehead atoms. The Morgan fingerprint density at radius 2 is 1.61 bits per heavy atom. The molecule has 1 heterocycles. The first-order valence-corrected chi connectivity index (χ1v) is 10.5. The molecule has 1 radical (unpaired) electrons. The van der Waals surface area contributed by atoms with Crippen LogP contribution in [0.2, 0.25) is 0 Å². The molecule has 3 rings (SSSR count). The van der Waals surface area contributed by atoms with Crippen LogP contribution in [0.4, 0.5) is 4.39 Å². The Labute approximate surface area is 194 Å². The van der Waals surface area contributed by atoms with E-state index in [2.05, 4.69) is 30.3 Å². The zero-order valence-electron chi connectivity index (χ0n) is 17.2. The molecule has 2 aromatic carbocycles. The Bertz CT molecular complexity index is 679. The monoisotopic (exact) mass is 459 g/mol. The summed E-state index contributed by atoms with van der Waals surface area (Å²) in [7, 11) is 0. The molecule has 1 aliphatic heterocycles. The van der Waals surface area contributed by atoms with Crippen molar-refractivity contribution in [3.63, 3.8) is 0 Å². The maximum absolute atomic E-state index is 13.9. The van der Waals surface area contributed by atoms with Gasteiger partial charge in [0.2, 0.25) is 0 Å². The minimum Gasteiger partial charge on any atom is -0.490 e. The Kier molecular flexibility index (Phi) is 10.1. The summed E-state index contributed by atoms with van der Waals surface area (Å²) in [4.78, 5) is 0. The zero-order valence-corrected chi connectivity index (χ0v) is 20.0. The third-order valence-electron chi connectivity index (χ3n) is 5.81. The van der Waals surface area contributed by atoms with E-state index >= 15 is 0 Å². The molecule has 0 atom stereocenters. The topological polar surface area (TPSA) is 9.23 Å². The van der Waals surface area contributed by atoms with Crippen LogP contribution in [0.1, 0.15) is 49.7 Å². The van der Waals surface area contributed by atoms with Gasteiger partial charge in [0.1, 0.15) is 6.54 Å². The molecule has 2 aromatic rings. The minimum absolute atomic E-state index is 0. The number of para-hydroxylation sites is 1. The summed E-state index contributed by atoms with van der Waals surface area (Å²) in [6.45, 7) is 7.37. The molecule has 0 N–H and O–H groups in total. The number of nitrogens with zero attached hydrogens (tertiary/aromatic N) is 1. The van der Waals surface area contributed by atoms with Gasteiger partial charge in [-0.3, -0.25) is 0 Å². The molecular weight excluding hydrogens is 426 g/mol. The molecule has 0 spiro atoms. The molecule has 1 aliphatic rings. The first-order valence-electron chi connectivity index (χ1n) is 10.5. The van der Waals surface area contributed by atoms with Gasteiger partial charge in [-0.15, -0.1) is 0 Å². The second kappa shape index (κ2) is 12.0. The Morgan fingerprint density at radius 3 is 2.29 bits per heavy atom. The summed E-state index contributed by atoms with van der Waals surface area (Å²) in [6.07, 6.45) is 7.49. The van der Waals surface area contributed by atoms with Crippen molar-refractivity contribution in [1.82, 2.24) is 0 Å². The number of halogens is 1. The fourth-order valence-corrected chi connectivity index (χ4v) is 4.31. The third-order valence-corrected chi connectivity index (χ3v) is 5.81. The molecule has 1 fully saturated rings. The van der Waals surface area contributed by atoms with Crippen LogP contribution in [0.25, 0.3) is 0 Å². The molecule has 2 nitrogen and oxygen atoms in total. The van der Waals surface area contributed by atoms with Gasteiger partial charge in [0.25, 0.3) is 0 Å². The zero-order chi connectivity index (χ0) is 19.0. The van der Waals surface area contributed by atoms with E-state index in [1.807, 2.05) is 13.0 Å². The summed E-state index contributed by atoms with van der Waals surface area (Å²) in [6, 6.07) is 16.0. The van der Waals surface area contributed by atoms with E-state index in [1.165, 1.54) is 61.4 Å². The van der Waals surface area contributed by atoms with E-state index in [0.29, 0.717) is 12.4 Å². The number of ether oxygens (including phenoxy) is 1. The van der Waals surface area contributed by atoms with Crippen LogP contribution in [-0.4, -0.2) is 30.7 Å². The van der Waals surface area contributed by atoms with Crippen LogP contribution in [0.3, 0.4) is 0 Å². The van der Waals surface area contributed by atoms with Crippen molar-refractivity contribution in [3.8, 4) is 5.75 Å². The number of hydrogen-bond acceptors (Lipinski definition) is 1. The fraction of sp³-hybridized carbons (Fsp3) is 0.500. The third kappa shape index (κ3) is 6.93. The van der Waals surface area contributed by atoms with Gasteiger partial charge in [-0.1, -0.05) is 42.5 Å². The van der Waals surface area contributed by atoms with Gasteiger partial charge in [0.15, 0.2) is 11.6 Å². The number of aryl methyl sites for hydroxylation is 1. The SMILES string of the molecule is Cc1cccc(F)c1OCCCC[N+]1(Cc2ccccc2)CCCCCC1.[Y]. The van der Waals surface area contributed by atoms with E-state index in [4.69, 9.17) is 4.74 Å². The van der Waals surface area contributed by atoms with E-state index in [0.717, 1.165) is 24.9 Å². The van der Waals surface area contributed by atoms with E-state index in [1.54, 1.807) is 6.07 Å². The first-order chi connectivity index (χ1) is 13.2. The molecule has 28 heavy (non-hydrogen) atoms. The number of quaternary nitrogens is 1. The van der Waals surface area contributed by atoms with Crippen molar-refractivity contribution in [3.05, 3.63) is 65.5 Å². The molecule has 0 aliphatic carbocycles. The molecule has 1 saturated heterocycles. The largest absolute Gasteiger partial charge is 0.490 e. The standard InChI is InChI=1S/C24H33FNO.Y/c1-21-12-11-15-23(25)24(21)27-19-10-9-18-26(16-7-2-3-8-17-26)20-22-13-5-4-6-14-22;/h4-6,11-15H,2-3,7-10,16-20H2,1H3;/q+1;. The number of likely N-dealkylation sites (tertiary alicyclic amines) is 1. The summed E-state index contributed by atoms with van der Waals surface area (Å²) in [5.74, 6) is 0.163. The van der Waals surface area contributed by atoms with Gasteiger partial charge in [-0.2, -0.15) is 0 Å². The van der Waals surface area contributed by atoms with Gasteiger partial charge in [-0.05, 0) is 57.1 Å². The second-order valence-corrected chi connectivity index (χ2v) is 8.01. The predicted molar refractivity (Wildman–Crippen MR) is 109 cm³/mol. The number of benzene rings is 2. The predicted octanol–water partition coefficient (Wildman–Crippen LogP) is 5.88. The van der Waals surface area contributed by atoms with E-state index < -0.39 is 0 Å². The van der Waals surface area contributed by atoms with Crippen molar-refractivity contribution in [1.29, 1.82) is 0 Å². The molecule has 0 unspecified atom stereocenters. The van der Waals surface area contributed by atoms with Crippen molar-refractivity contribution in [2.45, 2.75) is 52.0 Å². The summed E-state index contributed by atoms with van der Waals surface area (Å²) < 4.78 is 20.8. The van der Waals surface area contributed by atoms with Crippen molar-refractivity contribution in [2.24, 2.45) is 0 Å². The fourth-order valence-electron chi connectivity index (χ4n) is 4.31. The van der Waals surface area contributed by atoms with E-state index in [9.17, 15) is 4.39 Å². The van der Waals surface area contributed by atoms with Crippen LogP contribution in [0, 0.1) is 12.7 Å². The summed E-state index contributed by atoms with van der Waals surface area (Å²) in [5.41, 5.74) is 2.31. The van der Waals surface area contributed by atoms with Crippen LogP contribution in [0.15, 0.2) is 48.5 Å². The van der Waals surface area contributed by atoms with Gasteiger partial charge in [0, 0.05) is 38.3 Å². The Morgan fingerprint density at radius 1 is 0.893 bits per heavy atom. The van der Waals surface area contributed by atoms with Crippen LogP contribution in [0.5, 0.6) is 5.75 Å². The van der Waals surface area contributed by atoms with Crippen LogP contribution in [-0.2, 0) is 39.3 Å². The molecule has 0 aromatic heterocycles. The minimum atomic E-state index is -0.255. The Balaban J connectivity index is 0.00000280. The Hall–Kier alpha value is -0.766. The average Bonchev–Trinajstić information content (AvgIpc) is 2.90. The summed E-state index contributed by atoms with van der Waals surface area (Å²) in [5, 5.41) is 0. The maximum Gasteiger partial charge on any atom is 0.165 e. The quantitative estimate of drug-likeness (QED) is 0.354. The summed E-state index contributed by atoms with van der Waals surface area (Å²) >= 11 is 0. The van der Waals surface area contributed by atoms with Gasteiger partial charge < -0.3 is 9.22 Å². The smallest absolute Gasteiger partial charge is 0.165 e.